The molecule has 2 amide bonds. The van der Waals surface area contributed by atoms with E-state index in [1.165, 1.54) is 0 Å². The fraction of sp³-hybridized carbons (Fsp3) is 0.296. The molecule has 0 fully saturated rings. The van der Waals surface area contributed by atoms with Gasteiger partial charge in [-0.25, -0.2) is 0 Å². The van der Waals surface area contributed by atoms with Gasteiger partial charge in [-0.1, -0.05) is 12.1 Å². The summed E-state index contributed by atoms with van der Waals surface area (Å²) in [6.07, 6.45) is 1.92. The number of nitrogens with one attached hydrogen (secondary N) is 1. The Balaban J connectivity index is 1.47. The third kappa shape index (κ3) is 5.03. The maximum absolute atomic E-state index is 12.9. The lowest BCUT2D eigenvalue weighted by Gasteiger charge is -2.19. The summed E-state index contributed by atoms with van der Waals surface area (Å²) in [6, 6.07) is 17.4. The van der Waals surface area contributed by atoms with Crippen molar-refractivity contribution in [2.24, 2.45) is 0 Å². The number of aryl methyl sites for hydroxylation is 2. The Morgan fingerprint density at radius 1 is 1.00 bits per heavy atom. The van der Waals surface area contributed by atoms with E-state index < -0.39 is 0 Å². The average Bonchev–Trinajstić information content (AvgIpc) is 3.36. The normalized spacial score (nSPS) is 11.1. The summed E-state index contributed by atoms with van der Waals surface area (Å²) in [6.45, 7) is 10.3. The number of aromatic nitrogens is 3. The molecule has 0 saturated carbocycles. The van der Waals surface area contributed by atoms with Crippen LogP contribution < -0.4 is 5.32 Å². The summed E-state index contributed by atoms with van der Waals surface area (Å²) in [7, 11) is 0. The minimum atomic E-state index is -0.161. The molecule has 1 N–H and O–H groups in total. The third-order valence-corrected chi connectivity index (χ3v) is 6.08. The highest BCUT2D eigenvalue weighted by atomic mass is 16.2. The molecule has 2 aromatic heterocycles. The van der Waals surface area contributed by atoms with Crippen molar-refractivity contribution in [3.8, 4) is 0 Å². The van der Waals surface area contributed by atoms with Gasteiger partial charge in [0.05, 0.1) is 12.2 Å². The molecule has 4 aromatic rings. The lowest BCUT2D eigenvalue weighted by atomic mass is 10.1. The topological polar surface area (TPSA) is 72.2 Å². The summed E-state index contributed by atoms with van der Waals surface area (Å²) in [5, 5.41) is 8.48. The van der Waals surface area contributed by atoms with Gasteiger partial charge in [-0.05, 0) is 75.7 Å². The number of anilines is 1. The maximum atomic E-state index is 12.9. The molecule has 2 aromatic carbocycles. The van der Waals surface area contributed by atoms with Gasteiger partial charge in [-0.3, -0.25) is 14.3 Å². The van der Waals surface area contributed by atoms with Crippen LogP contribution in [0.15, 0.2) is 60.8 Å². The van der Waals surface area contributed by atoms with E-state index in [0.29, 0.717) is 37.4 Å². The van der Waals surface area contributed by atoms with Gasteiger partial charge in [-0.15, -0.1) is 0 Å². The molecule has 7 nitrogen and oxygen atoms in total. The van der Waals surface area contributed by atoms with Gasteiger partial charge in [0.2, 0.25) is 5.91 Å². The number of benzene rings is 2. The first-order chi connectivity index (χ1) is 16.4. The van der Waals surface area contributed by atoms with Gasteiger partial charge < -0.3 is 14.8 Å². The Bertz CT molecular complexity index is 1330. The number of fused-ring (bicyclic) bond motifs is 1. The van der Waals surface area contributed by atoms with Gasteiger partial charge in [0.25, 0.3) is 5.91 Å². The Kier molecular flexibility index (Phi) is 6.82. The number of hydrogen-bond donors (Lipinski definition) is 1. The highest BCUT2D eigenvalue weighted by molar-refractivity contribution is 6.05. The van der Waals surface area contributed by atoms with Crippen molar-refractivity contribution < 1.29 is 9.59 Å². The molecule has 0 aliphatic rings. The van der Waals surface area contributed by atoms with E-state index in [0.717, 1.165) is 27.9 Å². The van der Waals surface area contributed by atoms with Crippen LogP contribution in [0.4, 0.5) is 5.69 Å². The zero-order valence-electron chi connectivity index (χ0n) is 20.2. The summed E-state index contributed by atoms with van der Waals surface area (Å²) in [5.74, 6) is -0.0639. The SMILES string of the molecule is CCN(CC)C(=O)Cn1ccc2cc(NC(=O)c3cccc(Cn4nc(C)cc4C)c3)ccc21. The molecule has 2 heterocycles. The average molecular weight is 458 g/mol. The summed E-state index contributed by atoms with van der Waals surface area (Å²) in [4.78, 5) is 27.2. The Morgan fingerprint density at radius 3 is 2.50 bits per heavy atom. The van der Waals surface area contributed by atoms with Gasteiger partial charge >= 0.3 is 0 Å². The molecular weight excluding hydrogens is 426 g/mol. The highest BCUT2D eigenvalue weighted by Gasteiger charge is 2.13. The summed E-state index contributed by atoms with van der Waals surface area (Å²) >= 11 is 0. The van der Waals surface area contributed by atoms with Gasteiger partial charge in [-0.2, -0.15) is 5.10 Å². The molecule has 0 radical (unpaired) electrons. The lowest BCUT2D eigenvalue weighted by Crippen LogP contribution is -2.33. The first kappa shape index (κ1) is 23.3. The van der Waals surface area contributed by atoms with Crippen molar-refractivity contribution in [3.05, 3.63) is 83.3 Å². The van der Waals surface area contributed by atoms with Crippen molar-refractivity contribution in [1.29, 1.82) is 0 Å². The smallest absolute Gasteiger partial charge is 0.255 e. The van der Waals surface area contributed by atoms with E-state index >= 15 is 0 Å². The minimum absolute atomic E-state index is 0.0974. The second kappa shape index (κ2) is 9.95. The molecule has 34 heavy (non-hydrogen) atoms. The molecule has 0 saturated heterocycles. The Labute approximate surface area is 200 Å². The minimum Gasteiger partial charge on any atom is -0.342 e. The number of rotatable bonds is 8. The van der Waals surface area contributed by atoms with E-state index in [1.54, 1.807) is 0 Å². The third-order valence-electron chi connectivity index (χ3n) is 6.08. The molecule has 0 bridgehead atoms. The molecule has 0 aliphatic carbocycles. The van der Waals surface area contributed by atoms with Crippen molar-refractivity contribution in [2.45, 2.75) is 40.8 Å². The first-order valence-corrected chi connectivity index (χ1v) is 11.7. The predicted octanol–water partition coefficient (Wildman–Crippen LogP) is 4.62. The number of nitrogens with zero attached hydrogens (tertiary/aromatic N) is 4. The van der Waals surface area contributed by atoms with Crippen LogP contribution in [0.2, 0.25) is 0 Å². The van der Waals surface area contributed by atoms with Crippen LogP contribution in [0.3, 0.4) is 0 Å². The number of carbonyl (C=O) groups excluding carboxylic acids is 2. The first-order valence-electron chi connectivity index (χ1n) is 11.7. The quantitative estimate of drug-likeness (QED) is 0.420. The van der Waals surface area contributed by atoms with E-state index in [9.17, 15) is 9.59 Å². The molecule has 0 spiro atoms. The van der Waals surface area contributed by atoms with E-state index in [2.05, 4.69) is 10.4 Å². The number of amides is 2. The maximum Gasteiger partial charge on any atom is 0.255 e. The number of carbonyl (C=O) groups is 2. The van der Waals surface area contributed by atoms with Crippen LogP contribution in [-0.2, 0) is 17.9 Å². The lowest BCUT2D eigenvalue weighted by molar-refractivity contribution is -0.131. The molecule has 0 unspecified atom stereocenters. The summed E-state index contributed by atoms with van der Waals surface area (Å²) < 4.78 is 3.89. The summed E-state index contributed by atoms with van der Waals surface area (Å²) in [5.41, 5.74) is 5.37. The van der Waals surface area contributed by atoms with Crippen LogP contribution in [0.1, 0.15) is 41.2 Å². The van der Waals surface area contributed by atoms with E-state index in [1.807, 2.05) is 103 Å². The van der Waals surface area contributed by atoms with Crippen molar-refractivity contribution >= 4 is 28.4 Å². The molecule has 0 aliphatic heterocycles. The second-order valence-electron chi connectivity index (χ2n) is 8.52. The second-order valence-corrected chi connectivity index (χ2v) is 8.52. The monoisotopic (exact) mass is 457 g/mol. The predicted molar refractivity (Wildman–Crippen MR) is 135 cm³/mol. The van der Waals surface area contributed by atoms with Gasteiger partial charge in [0.15, 0.2) is 0 Å². The molecule has 4 rings (SSSR count). The number of hydrogen-bond acceptors (Lipinski definition) is 3. The van der Waals surface area contributed by atoms with Crippen molar-refractivity contribution in [2.75, 3.05) is 18.4 Å². The molecular formula is C27H31N5O2. The zero-order chi connectivity index (χ0) is 24.2. The molecule has 7 heteroatoms. The van der Waals surface area contributed by atoms with E-state index in [4.69, 9.17) is 0 Å². The molecule has 176 valence electrons. The van der Waals surface area contributed by atoms with Crippen LogP contribution in [-0.4, -0.2) is 44.2 Å². The van der Waals surface area contributed by atoms with Crippen molar-refractivity contribution in [1.82, 2.24) is 19.2 Å². The Hall–Kier alpha value is -3.87. The van der Waals surface area contributed by atoms with Crippen molar-refractivity contribution in [3.63, 3.8) is 0 Å². The zero-order valence-corrected chi connectivity index (χ0v) is 20.2. The van der Waals surface area contributed by atoms with Crippen LogP contribution in [0, 0.1) is 13.8 Å². The van der Waals surface area contributed by atoms with Crippen LogP contribution in [0.25, 0.3) is 10.9 Å². The fourth-order valence-corrected chi connectivity index (χ4v) is 4.26. The number of likely N-dealkylation sites (N-methyl/N-ethyl adjacent to an activating group) is 1. The van der Waals surface area contributed by atoms with Gasteiger partial charge in [0.1, 0.15) is 6.54 Å². The molecule has 0 atom stereocenters. The fourth-order valence-electron chi connectivity index (χ4n) is 4.26. The standard InChI is InChI=1S/C27H31N5O2/c1-5-30(6-2)26(33)18-31-13-12-22-16-24(10-11-25(22)31)28-27(34)23-9-7-8-21(15-23)17-32-20(4)14-19(3)29-32/h7-16H,5-6,17-18H2,1-4H3,(H,28,34). The largest absolute Gasteiger partial charge is 0.342 e. The van der Waals surface area contributed by atoms with Gasteiger partial charge in [0, 0.05) is 47.1 Å². The van der Waals surface area contributed by atoms with Crippen LogP contribution in [0.5, 0.6) is 0 Å². The highest BCUT2D eigenvalue weighted by Crippen LogP contribution is 2.22. The Morgan fingerprint density at radius 2 is 1.79 bits per heavy atom. The van der Waals surface area contributed by atoms with E-state index in [-0.39, 0.29) is 11.8 Å². The van der Waals surface area contributed by atoms with Crippen LogP contribution >= 0.6 is 0 Å².